The highest BCUT2D eigenvalue weighted by molar-refractivity contribution is 4.98. The molecule has 0 bridgehead atoms. The molecule has 3 heteroatoms. The average Bonchev–Trinajstić information content (AvgIpc) is 2.20. The van der Waals surface area contributed by atoms with Crippen LogP contribution in [0.5, 0.6) is 0 Å². The third-order valence-electron chi connectivity index (χ3n) is 4.45. The summed E-state index contributed by atoms with van der Waals surface area (Å²) in [5.74, 6) is 0. The van der Waals surface area contributed by atoms with Crippen molar-refractivity contribution in [3.8, 4) is 0 Å². The molecule has 96 valence electrons. The lowest BCUT2D eigenvalue weighted by atomic mass is 9.75. The van der Waals surface area contributed by atoms with Gasteiger partial charge in [0.2, 0.25) is 0 Å². The summed E-state index contributed by atoms with van der Waals surface area (Å²) in [6.07, 6.45) is 4.56. The molecule has 0 heterocycles. The summed E-state index contributed by atoms with van der Waals surface area (Å²) >= 11 is 0. The van der Waals surface area contributed by atoms with Gasteiger partial charge in [-0.1, -0.05) is 6.92 Å². The third-order valence-corrected chi connectivity index (χ3v) is 4.45. The van der Waals surface area contributed by atoms with Crippen LogP contribution in [0.15, 0.2) is 0 Å². The van der Waals surface area contributed by atoms with E-state index in [1.165, 1.54) is 19.3 Å². The molecule has 0 aliphatic heterocycles. The molecule has 0 spiro atoms. The first-order chi connectivity index (χ1) is 7.43. The van der Waals surface area contributed by atoms with Crippen molar-refractivity contribution in [2.24, 2.45) is 0 Å². The number of hydrogen-bond acceptors (Lipinski definition) is 3. The zero-order chi connectivity index (χ0) is 12.3. The van der Waals surface area contributed by atoms with Crippen LogP contribution in [0.3, 0.4) is 0 Å². The molecule has 0 saturated heterocycles. The monoisotopic (exact) mass is 228 g/mol. The van der Waals surface area contributed by atoms with Gasteiger partial charge in [-0.25, -0.2) is 0 Å². The highest BCUT2D eigenvalue weighted by Gasteiger charge is 2.40. The maximum absolute atomic E-state index is 9.87. The molecule has 16 heavy (non-hydrogen) atoms. The van der Waals surface area contributed by atoms with Gasteiger partial charge in [-0.3, -0.25) is 4.90 Å². The fourth-order valence-corrected chi connectivity index (χ4v) is 2.57. The number of aliphatic hydroxyl groups is 1. The lowest BCUT2D eigenvalue weighted by molar-refractivity contribution is -0.00690. The maximum Gasteiger partial charge on any atom is 0.0690 e. The van der Waals surface area contributed by atoms with Gasteiger partial charge in [-0.05, 0) is 53.8 Å². The SMILES string of the molecule is CCC(O)C(C)N(C)CC1(N(C)C)CCC1. The van der Waals surface area contributed by atoms with Crippen molar-refractivity contribution < 1.29 is 5.11 Å². The Bertz CT molecular complexity index is 214. The molecule has 0 aromatic rings. The van der Waals surface area contributed by atoms with Gasteiger partial charge in [0, 0.05) is 18.1 Å². The largest absolute Gasteiger partial charge is 0.392 e. The number of likely N-dealkylation sites (N-methyl/N-ethyl adjacent to an activating group) is 2. The molecule has 1 aliphatic carbocycles. The molecular weight excluding hydrogens is 200 g/mol. The van der Waals surface area contributed by atoms with Crippen molar-refractivity contribution in [1.82, 2.24) is 9.80 Å². The standard InChI is InChI=1S/C13H28N2O/c1-6-12(16)11(2)15(5)10-13(14(3)4)8-7-9-13/h11-12,16H,6-10H2,1-5H3. The molecule has 0 radical (unpaired) electrons. The Morgan fingerprint density at radius 2 is 1.81 bits per heavy atom. The van der Waals surface area contributed by atoms with Crippen LogP contribution < -0.4 is 0 Å². The van der Waals surface area contributed by atoms with E-state index in [1.807, 2.05) is 6.92 Å². The average molecular weight is 228 g/mol. The maximum atomic E-state index is 9.87. The van der Waals surface area contributed by atoms with Crippen molar-refractivity contribution in [2.45, 2.75) is 57.2 Å². The van der Waals surface area contributed by atoms with E-state index in [4.69, 9.17) is 0 Å². The predicted octanol–water partition coefficient (Wildman–Crippen LogP) is 1.56. The zero-order valence-electron chi connectivity index (χ0n) is 11.5. The van der Waals surface area contributed by atoms with Crippen molar-refractivity contribution in [3.05, 3.63) is 0 Å². The van der Waals surface area contributed by atoms with Crippen LogP contribution in [-0.4, -0.2) is 60.3 Å². The third kappa shape index (κ3) is 2.76. The van der Waals surface area contributed by atoms with Crippen molar-refractivity contribution >= 4 is 0 Å². The van der Waals surface area contributed by atoms with E-state index in [-0.39, 0.29) is 12.1 Å². The number of rotatable bonds is 6. The summed E-state index contributed by atoms with van der Waals surface area (Å²) in [6.45, 7) is 5.23. The van der Waals surface area contributed by atoms with Crippen LogP contribution in [0.4, 0.5) is 0 Å². The van der Waals surface area contributed by atoms with Crippen LogP contribution in [0.2, 0.25) is 0 Å². The number of aliphatic hydroxyl groups excluding tert-OH is 1. The van der Waals surface area contributed by atoms with Gasteiger partial charge < -0.3 is 10.0 Å². The summed E-state index contributed by atoms with van der Waals surface area (Å²) in [6, 6.07) is 0.252. The summed E-state index contributed by atoms with van der Waals surface area (Å²) < 4.78 is 0. The Morgan fingerprint density at radius 3 is 2.12 bits per heavy atom. The van der Waals surface area contributed by atoms with Crippen LogP contribution in [-0.2, 0) is 0 Å². The first-order valence-corrected chi connectivity index (χ1v) is 6.48. The molecule has 2 unspecified atom stereocenters. The summed E-state index contributed by atoms with van der Waals surface area (Å²) in [4.78, 5) is 4.67. The van der Waals surface area contributed by atoms with Crippen LogP contribution in [0.25, 0.3) is 0 Å². The number of hydrogen-bond donors (Lipinski definition) is 1. The molecule has 0 aromatic heterocycles. The Labute approximate surface area is 100 Å². The molecule has 2 atom stereocenters. The minimum absolute atomic E-state index is 0.204. The van der Waals surface area contributed by atoms with E-state index in [0.717, 1.165) is 13.0 Å². The normalized spacial score (nSPS) is 23.2. The van der Waals surface area contributed by atoms with Gasteiger partial charge in [-0.15, -0.1) is 0 Å². The molecule has 1 saturated carbocycles. The molecular formula is C13H28N2O. The second-order valence-electron chi connectivity index (χ2n) is 5.60. The van der Waals surface area contributed by atoms with Crippen molar-refractivity contribution in [3.63, 3.8) is 0 Å². The molecule has 0 amide bonds. The van der Waals surface area contributed by atoms with E-state index in [0.29, 0.717) is 5.54 Å². The van der Waals surface area contributed by atoms with Gasteiger partial charge in [0.05, 0.1) is 6.10 Å². The van der Waals surface area contributed by atoms with Gasteiger partial charge >= 0.3 is 0 Å². The fourth-order valence-electron chi connectivity index (χ4n) is 2.57. The van der Waals surface area contributed by atoms with Crippen LogP contribution in [0, 0.1) is 0 Å². The van der Waals surface area contributed by atoms with Crippen LogP contribution in [0.1, 0.15) is 39.5 Å². The molecule has 1 aliphatic rings. The lowest BCUT2D eigenvalue weighted by Gasteiger charge is -2.50. The van der Waals surface area contributed by atoms with Crippen molar-refractivity contribution in [1.29, 1.82) is 0 Å². The highest BCUT2D eigenvalue weighted by atomic mass is 16.3. The molecule has 1 fully saturated rings. The Balaban J connectivity index is 2.52. The quantitative estimate of drug-likeness (QED) is 0.747. The molecule has 1 N–H and O–H groups in total. The van der Waals surface area contributed by atoms with E-state index in [9.17, 15) is 5.11 Å². The van der Waals surface area contributed by atoms with Gasteiger partial charge in [0.1, 0.15) is 0 Å². The van der Waals surface area contributed by atoms with Crippen LogP contribution >= 0.6 is 0 Å². The molecule has 3 nitrogen and oxygen atoms in total. The Hall–Kier alpha value is -0.120. The summed E-state index contributed by atoms with van der Waals surface area (Å²) in [7, 11) is 6.48. The van der Waals surface area contributed by atoms with E-state index in [2.05, 4.69) is 37.9 Å². The first-order valence-electron chi connectivity index (χ1n) is 6.48. The highest BCUT2D eigenvalue weighted by Crippen LogP contribution is 2.37. The Kier molecular flexibility index (Phi) is 4.77. The van der Waals surface area contributed by atoms with Gasteiger partial charge in [0.15, 0.2) is 0 Å². The van der Waals surface area contributed by atoms with E-state index < -0.39 is 0 Å². The van der Waals surface area contributed by atoms with Gasteiger partial charge in [0.25, 0.3) is 0 Å². The fraction of sp³-hybridized carbons (Fsp3) is 1.00. The Morgan fingerprint density at radius 1 is 1.25 bits per heavy atom. The molecule has 1 rings (SSSR count). The first kappa shape index (κ1) is 13.9. The lowest BCUT2D eigenvalue weighted by Crippen LogP contribution is -2.58. The van der Waals surface area contributed by atoms with Gasteiger partial charge in [-0.2, -0.15) is 0 Å². The van der Waals surface area contributed by atoms with E-state index in [1.54, 1.807) is 0 Å². The topological polar surface area (TPSA) is 26.7 Å². The second kappa shape index (κ2) is 5.48. The smallest absolute Gasteiger partial charge is 0.0690 e. The second-order valence-corrected chi connectivity index (χ2v) is 5.60. The zero-order valence-corrected chi connectivity index (χ0v) is 11.5. The predicted molar refractivity (Wildman–Crippen MR) is 68.7 cm³/mol. The summed E-state index contributed by atoms with van der Waals surface area (Å²) in [5, 5.41) is 9.87. The minimum atomic E-state index is -0.204. The molecule has 0 aromatic carbocycles. The summed E-state index contributed by atoms with van der Waals surface area (Å²) in [5.41, 5.74) is 0.358. The van der Waals surface area contributed by atoms with E-state index >= 15 is 0 Å². The number of nitrogens with zero attached hydrogens (tertiary/aromatic N) is 2. The van der Waals surface area contributed by atoms with Crippen molar-refractivity contribution in [2.75, 3.05) is 27.7 Å². The minimum Gasteiger partial charge on any atom is -0.392 e.